The first-order chi connectivity index (χ1) is 9.80. The van der Waals surface area contributed by atoms with E-state index in [1.54, 1.807) is 20.3 Å². The van der Waals surface area contributed by atoms with Crippen LogP contribution in [0.5, 0.6) is 11.5 Å². The Morgan fingerprint density at radius 3 is 2.19 bits per heavy atom. The summed E-state index contributed by atoms with van der Waals surface area (Å²) in [5.41, 5.74) is 0.0400. The molecule has 0 unspecified atom stereocenters. The summed E-state index contributed by atoms with van der Waals surface area (Å²) in [4.78, 5) is 0. The molecule has 0 atom stereocenters. The molecule has 21 heavy (non-hydrogen) atoms. The zero-order valence-corrected chi connectivity index (χ0v) is 13.6. The van der Waals surface area contributed by atoms with Gasteiger partial charge in [-0.05, 0) is 33.8 Å². The summed E-state index contributed by atoms with van der Waals surface area (Å²) in [6, 6.07) is 5.56. The smallest absolute Gasteiger partial charge is 0.497 e. The van der Waals surface area contributed by atoms with Gasteiger partial charge >= 0.3 is 7.12 Å². The van der Waals surface area contributed by atoms with E-state index in [2.05, 4.69) is 0 Å². The van der Waals surface area contributed by atoms with Crippen LogP contribution in [0.1, 0.15) is 27.7 Å². The molecule has 0 bridgehead atoms. The minimum Gasteiger partial charge on any atom is -0.497 e. The molecular weight excluding hydrogens is 271 g/mol. The molecule has 6 heteroatoms. The highest BCUT2D eigenvalue weighted by Crippen LogP contribution is 2.37. The van der Waals surface area contributed by atoms with E-state index in [0.717, 1.165) is 5.46 Å². The van der Waals surface area contributed by atoms with Crippen LogP contribution < -0.4 is 14.9 Å². The summed E-state index contributed by atoms with van der Waals surface area (Å²) in [7, 11) is 2.71. The van der Waals surface area contributed by atoms with Crippen LogP contribution in [-0.2, 0) is 14.0 Å². The maximum atomic E-state index is 6.06. The summed E-state index contributed by atoms with van der Waals surface area (Å²) in [6.45, 7) is 8.23. The van der Waals surface area contributed by atoms with Gasteiger partial charge in [-0.25, -0.2) is 0 Å². The van der Waals surface area contributed by atoms with Crippen LogP contribution in [0.3, 0.4) is 0 Å². The molecule has 1 aromatic rings. The van der Waals surface area contributed by atoms with Crippen molar-refractivity contribution >= 4 is 12.6 Å². The van der Waals surface area contributed by atoms with Gasteiger partial charge < -0.3 is 23.5 Å². The van der Waals surface area contributed by atoms with Crippen LogP contribution in [0, 0.1) is 0 Å². The molecule has 0 N–H and O–H groups in total. The monoisotopic (exact) mass is 294 g/mol. The van der Waals surface area contributed by atoms with Crippen LogP contribution in [0.25, 0.3) is 0 Å². The number of methoxy groups -OCH3 is 2. The molecule has 1 aliphatic heterocycles. The SMILES string of the molecule is COCOc1cc(OC)ccc1B1OC(C)(C)C(C)(C)O1. The molecule has 0 aliphatic carbocycles. The molecule has 0 amide bonds. The number of rotatable bonds is 5. The third kappa shape index (κ3) is 3.17. The Balaban J connectivity index is 2.31. The van der Waals surface area contributed by atoms with Crippen molar-refractivity contribution in [3.63, 3.8) is 0 Å². The first-order valence-corrected chi connectivity index (χ1v) is 6.96. The van der Waals surface area contributed by atoms with Gasteiger partial charge in [-0.1, -0.05) is 6.07 Å². The van der Waals surface area contributed by atoms with E-state index in [4.69, 9.17) is 23.5 Å². The van der Waals surface area contributed by atoms with Gasteiger partial charge in [-0.2, -0.15) is 0 Å². The molecule has 5 nitrogen and oxygen atoms in total. The summed E-state index contributed by atoms with van der Waals surface area (Å²) in [6.07, 6.45) is 0. The van der Waals surface area contributed by atoms with Crippen molar-refractivity contribution in [2.45, 2.75) is 38.9 Å². The molecule has 1 aliphatic rings. The van der Waals surface area contributed by atoms with E-state index in [9.17, 15) is 0 Å². The highest BCUT2D eigenvalue weighted by molar-refractivity contribution is 6.63. The van der Waals surface area contributed by atoms with Crippen molar-refractivity contribution < 1.29 is 23.5 Å². The van der Waals surface area contributed by atoms with E-state index < -0.39 is 18.3 Å². The molecular formula is C15H23BO5. The van der Waals surface area contributed by atoms with E-state index in [1.807, 2.05) is 39.8 Å². The van der Waals surface area contributed by atoms with Crippen molar-refractivity contribution in [2.75, 3.05) is 21.0 Å². The highest BCUT2D eigenvalue weighted by atomic mass is 16.7. The van der Waals surface area contributed by atoms with E-state index in [-0.39, 0.29) is 6.79 Å². The molecule has 2 rings (SSSR count). The van der Waals surface area contributed by atoms with Crippen LogP contribution >= 0.6 is 0 Å². The Hall–Kier alpha value is -1.24. The van der Waals surface area contributed by atoms with Gasteiger partial charge in [0, 0.05) is 18.6 Å². The Morgan fingerprint density at radius 1 is 1.05 bits per heavy atom. The van der Waals surface area contributed by atoms with Gasteiger partial charge in [0.05, 0.1) is 18.3 Å². The van der Waals surface area contributed by atoms with E-state index in [1.165, 1.54) is 0 Å². The average Bonchev–Trinajstić information content (AvgIpc) is 2.64. The summed E-state index contributed by atoms with van der Waals surface area (Å²) in [5, 5.41) is 0. The standard InChI is InChI=1S/C15H23BO5/c1-14(2)15(3,4)21-16(20-14)12-8-7-11(18-6)9-13(12)19-10-17-5/h7-9H,10H2,1-6H3. The second kappa shape index (κ2) is 5.87. The molecule has 1 aromatic carbocycles. The van der Waals surface area contributed by atoms with Crippen LogP contribution in [0.4, 0.5) is 0 Å². The van der Waals surface area contributed by atoms with Gasteiger partial charge in [0.2, 0.25) is 0 Å². The van der Waals surface area contributed by atoms with Gasteiger partial charge in [-0.15, -0.1) is 0 Å². The van der Waals surface area contributed by atoms with Crippen LogP contribution in [0.2, 0.25) is 0 Å². The maximum Gasteiger partial charge on any atom is 0.498 e. The lowest BCUT2D eigenvalue weighted by atomic mass is 9.78. The fraction of sp³-hybridized carbons (Fsp3) is 0.600. The normalized spacial score (nSPS) is 19.6. The second-order valence-electron chi connectivity index (χ2n) is 6.04. The van der Waals surface area contributed by atoms with Crippen molar-refractivity contribution in [3.05, 3.63) is 18.2 Å². The molecule has 1 heterocycles. The van der Waals surface area contributed by atoms with Gasteiger partial charge in [0.25, 0.3) is 0 Å². The highest BCUT2D eigenvalue weighted by Gasteiger charge is 2.52. The van der Waals surface area contributed by atoms with Crippen molar-refractivity contribution in [1.82, 2.24) is 0 Å². The zero-order chi connectivity index (χ0) is 15.7. The largest absolute Gasteiger partial charge is 0.498 e. The third-order valence-corrected chi connectivity index (χ3v) is 4.06. The molecule has 0 spiro atoms. The molecule has 116 valence electrons. The molecule has 0 aromatic heterocycles. The molecule has 0 saturated carbocycles. The summed E-state index contributed by atoms with van der Waals surface area (Å²) < 4.78 is 27.9. The lowest BCUT2D eigenvalue weighted by Crippen LogP contribution is -2.41. The number of hydrogen-bond acceptors (Lipinski definition) is 5. The predicted molar refractivity (Wildman–Crippen MR) is 81.2 cm³/mol. The fourth-order valence-electron chi connectivity index (χ4n) is 2.05. The Labute approximate surface area is 126 Å². The summed E-state index contributed by atoms with van der Waals surface area (Å²) >= 11 is 0. The predicted octanol–water partition coefficient (Wildman–Crippen LogP) is 1.98. The number of hydrogen-bond donors (Lipinski definition) is 0. The van der Waals surface area contributed by atoms with Gasteiger partial charge in [0.1, 0.15) is 11.5 Å². The first-order valence-electron chi connectivity index (χ1n) is 6.96. The summed E-state index contributed by atoms with van der Waals surface area (Å²) in [5.74, 6) is 1.34. The van der Waals surface area contributed by atoms with Crippen molar-refractivity contribution in [2.24, 2.45) is 0 Å². The lowest BCUT2D eigenvalue weighted by Gasteiger charge is -2.32. The molecule has 1 fully saturated rings. The first kappa shape index (κ1) is 16.1. The lowest BCUT2D eigenvalue weighted by molar-refractivity contribution is 0.00578. The van der Waals surface area contributed by atoms with E-state index in [0.29, 0.717) is 11.5 Å². The van der Waals surface area contributed by atoms with Gasteiger partial charge in [-0.3, -0.25) is 0 Å². The van der Waals surface area contributed by atoms with Crippen molar-refractivity contribution in [3.8, 4) is 11.5 Å². The average molecular weight is 294 g/mol. The molecule has 0 radical (unpaired) electrons. The number of ether oxygens (including phenoxy) is 3. The minimum absolute atomic E-state index is 0.152. The topological polar surface area (TPSA) is 46.2 Å². The van der Waals surface area contributed by atoms with Gasteiger partial charge in [0.15, 0.2) is 6.79 Å². The quantitative estimate of drug-likeness (QED) is 0.614. The Kier molecular flexibility index (Phi) is 4.51. The Bertz CT molecular complexity index is 485. The third-order valence-electron chi connectivity index (χ3n) is 4.06. The number of benzene rings is 1. The van der Waals surface area contributed by atoms with E-state index >= 15 is 0 Å². The van der Waals surface area contributed by atoms with Crippen LogP contribution in [-0.4, -0.2) is 39.3 Å². The maximum absolute atomic E-state index is 6.06. The molecule has 1 saturated heterocycles. The zero-order valence-electron chi connectivity index (χ0n) is 13.6. The van der Waals surface area contributed by atoms with Crippen LogP contribution in [0.15, 0.2) is 18.2 Å². The minimum atomic E-state index is -0.479. The van der Waals surface area contributed by atoms with Crippen molar-refractivity contribution in [1.29, 1.82) is 0 Å². The second-order valence-corrected chi connectivity index (χ2v) is 6.04. The Morgan fingerprint density at radius 2 is 1.67 bits per heavy atom. The fourth-order valence-corrected chi connectivity index (χ4v) is 2.05.